The summed E-state index contributed by atoms with van der Waals surface area (Å²) in [6, 6.07) is 10.4. The van der Waals surface area contributed by atoms with E-state index >= 15 is 0 Å². The Morgan fingerprint density at radius 1 is 1.28 bits per heavy atom. The van der Waals surface area contributed by atoms with Crippen molar-refractivity contribution in [2.75, 3.05) is 13.2 Å². The van der Waals surface area contributed by atoms with Gasteiger partial charge in [0, 0.05) is 6.54 Å². The zero-order valence-electron chi connectivity index (χ0n) is 11.7. The van der Waals surface area contributed by atoms with Crippen LogP contribution in [-0.4, -0.2) is 23.8 Å². The number of aliphatic hydroxyl groups is 1. The molecule has 0 bridgehead atoms. The molecule has 3 heteroatoms. The van der Waals surface area contributed by atoms with E-state index < -0.39 is 0 Å². The molecule has 101 valence electrons. The fourth-order valence-electron chi connectivity index (χ4n) is 1.59. The van der Waals surface area contributed by atoms with Gasteiger partial charge in [-0.25, -0.2) is 5.43 Å². The molecule has 0 aliphatic heterocycles. The molecule has 0 amide bonds. The first-order chi connectivity index (χ1) is 8.58. The number of nitrogens with zero attached hydrogens (tertiary/aromatic N) is 1. The summed E-state index contributed by atoms with van der Waals surface area (Å²) in [7, 11) is 0. The zero-order chi connectivity index (χ0) is 13.4. The Bertz CT molecular complexity index is 327. The van der Waals surface area contributed by atoms with Crippen molar-refractivity contribution in [2.45, 2.75) is 39.2 Å². The van der Waals surface area contributed by atoms with Crippen molar-refractivity contribution in [3.63, 3.8) is 0 Å². The number of benzene rings is 1. The molecule has 1 aromatic carbocycles. The van der Waals surface area contributed by atoms with Gasteiger partial charge >= 0.3 is 0 Å². The van der Waals surface area contributed by atoms with Gasteiger partial charge < -0.3 is 5.11 Å². The average molecular weight is 249 g/mol. The van der Waals surface area contributed by atoms with E-state index in [9.17, 15) is 5.11 Å². The van der Waals surface area contributed by atoms with Crippen molar-refractivity contribution in [2.24, 2.45) is 5.92 Å². The molecule has 0 heterocycles. The van der Waals surface area contributed by atoms with Gasteiger partial charge in [0.2, 0.25) is 0 Å². The maximum absolute atomic E-state index is 9.37. The van der Waals surface area contributed by atoms with Crippen molar-refractivity contribution >= 4 is 0 Å². The van der Waals surface area contributed by atoms with E-state index in [1.54, 1.807) is 0 Å². The number of aliphatic hydroxyl groups excluding tert-OH is 1. The molecule has 18 heavy (non-hydrogen) atoms. The second kappa shape index (κ2) is 7.52. The molecular weight excluding hydrogens is 224 g/mol. The van der Waals surface area contributed by atoms with Crippen LogP contribution in [0.1, 0.15) is 32.8 Å². The summed E-state index contributed by atoms with van der Waals surface area (Å²) in [5.74, 6) is 0.348. The molecular formula is C15H25N2O. The van der Waals surface area contributed by atoms with Crippen LogP contribution in [0.25, 0.3) is 0 Å². The molecule has 2 N–H and O–H groups in total. The van der Waals surface area contributed by atoms with Crippen molar-refractivity contribution < 1.29 is 5.11 Å². The summed E-state index contributed by atoms with van der Waals surface area (Å²) in [5.41, 5.74) is 8.48. The fraction of sp³-hybridized carbons (Fsp3) is 0.600. The molecule has 0 aliphatic rings. The van der Waals surface area contributed by atoms with Crippen LogP contribution in [0.5, 0.6) is 0 Å². The number of rotatable bonds is 8. The van der Waals surface area contributed by atoms with Crippen molar-refractivity contribution in [1.82, 2.24) is 10.9 Å². The Labute approximate surface area is 111 Å². The molecule has 1 radical (unpaired) electrons. The summed E-state index contributed by atoms with van der Waals surface area (Å²) in [6.07, 6.45) is 2.07. The highest BCUT2D eigenvalue weighted by molar-refractivity contribution is 5.14. The van der Waals surface area contributed by atoms with Gasteiger partial charge in [-0.15, -0.1) is 0 Å². The van der Waals surface area contributed by atoms with Gasteiger partial charge in [-0.1, -0.05) is 44.2 Å². The summed E-state index contributed by atoms with van der Waals surface area (Å²) >= 11 is 0. The van der Waals surface area contributed by atoms with Crippen LogP contribution in [0.4, 0.5) is 0 Å². The van der Waals surface area contributed by atoms with Gasteiger partial charge in [0.1, 0.15) is 0 Å². The highest BCUT2D eigenvalue weighted by atomic mass is 16.3. The largest absolute Gasteiger partial charge is 0.394 e. The first-order valence-electron chi connectivity index (χ1n) is 6.67. The van der Waals surface area contributed by atoms with E-state index in [0.29, 0.717) is 5.92 Å². The zero-order valence-corrected chi connectivity index (χ0v) is 11.7. The van der Waals surface area contributed by atoms with Crippen molar-refractivity contribution in [3.05, 3.63) is 35.9 Å². The maximum Gasteiger partial charge on any atom is 0.0626 e. The van der Waals surface area contributed by atoms with Crippen LogP contribution in [0.3, 0.4) is 0 Å². The van der Waals surface area contributed by atoms with Crippen molar-refractivity contribution in [1.29, 1.82) is 0 Å². The maximum atomic E-state index is 9.37. The van der Waals surface area contributed by atoms with E-state index in [0.717, 1.165) is 19.4 Å². The molecule has 1 unspecified atom stereocenters. The summed E-state index contributed by atoms with van der Waals surface area (Å²) < 4.78 is 0. The number of nitrogens with one attached hydrogen (secondary N) is 1. The predicted octanol–water partition coefficient (Wildman–Crippen LogP) is 2.14. The third-order valence-corrected chi connectivity index (χ3v) is 3.52. The Morgan fingerprint density at radius 3 is 2.50 bits per heavy atom. The first kappa shape index (κ1) is 15.2. The van der Waals surface area contributed by atoms with E-state index in [1.165, 1.54) is 5.56 Å². The third-order valence-electron chi connectivity index (χ3n) is 3.52. The Hall–Kier alpha value is -0.900. The topological polar surface area (TPSA) is 46.4 Å². The molecule has 1 rings (SSSR count). The lowest BCUT2D eigenvalue weighted by atomic mass is 9.90. The normalized spacial score (nSPS) is 14.7. The van der Waals surface area contributed by atoms with E-state index in [-0.39, 0.29) is 12.1 Å². The Balaban J connectivity index is 2.19. The highest BCUT2D eigenvalue weighted by Crippen LogP contribution is 2.14. The van der Waals surface area contributed by atoms with Gasteiger partial charge in [-0.2, -0.15) is 5.43 Å². The van der Waals surface area contributed by atoms with E-state index in [2.05, 4.69) is 49.0 Å². The molecule has 1 aromatic rings. The SMILES string of the molecule is CC(C)C(C)(CO)N[N]CCCc1ccccc1. The average Bonchev–Trinajstić information content (AvgIpc) is 2.39. The lowest BCUT2D eigenvalue weighted by molar-refractivity contribution is 0.116. The van der Waals surface area contributed by atoms with Crippen LogP contribution in [0.15, 0.2) is 30.3 Å². The fourth-order valence-corrected chi connectivity index (χ4v) is 1.59. The number of aryl methyl sites for hydroxylation is 1. The summed E-state index contributed by atoms with van der Waals surface area (Å²) in [5, 5.41) is 9.37. The molecule has 0 spiro atoms. The molecule has 0 fully saturated rings. The van der Waals surface area contributed by atoms with E-state index in [4.69, 9.17) is 0 Å². The van der Waals surface area contributed by atoms with Gasteiger partial charge in [0.05, 0.1) is 12.1 Å². The summed E-state index contributed by atoms with van der Waals surface area (Å²) in [6.45, 7) is 7.05. The monoisotopic (exact) mass is 249 g/mol. The lowest BCUT2D eigenvalue weighted by Crippen LogP contribution is -2.53. The molecule has 0 aromatic heterocycles. The smallest absolute Gasteiger partial charge is 0.0626 e. The van der Waals surface area contributed by atoms with Crippen LogP contribution in [0.2, 0.25) is 0 Å². The minimum absolute atomic E-state index is 0.104. The van der Waals surface area contributed by atoms with Crippen LogP contribution < -0.4 is 10.9 Å². The number of hydrogen-bond donors (Lipinski definition) is 2. The Morgan fingerprint density at radius 2 is 1.94 bits per heavy atom. The van der Waals surface area contributed by atoms with Gasteiger partial charge in [-0.3, -0.25) is 0 Å². The molecule has 0 aliphatic carbocycles. The molecule has 3 nitrogen and oxygen atoms in total. The molecule has 1 atom stereocenters. The van der Waals surface area contributed by atoms with Gasteiger partial charge in [0.15, 0.2) is 0 Å². The first-order valence-corrected chi connectivity index (χ1v) is 6.67. The second-order valence-corrected chi connectivity index (χ2v) is 5.31. The van der Waals surface area contributed by atoms with Gasteiger partial charge in [-0.05, 0) is 31.2 Å². The van der Waals surface area contributed by atoms with Crippen LogP contribution in [-0.2, 0) is 6.42 Å². The van der Waals surface area contributed by atoms with Crippen LogP contribution in [0, 0.1) is 5.92 Å². The third kappa shape index (κ3) is 4.77. The van der Waals surface area contributed by atoms with Crippen molar-refractivity contribution in [3.8, 4) is 0 Å². The van der Waals surface area contributed by atoms with Gasteiger partial charge in [0.25, 0.3) is 0 Å². The highest BCUT2D eigenvalue weighted by Gasteiger charge is 2.26. The van der Waals surface area contributed by atoms with Crippen LogP contribution >= 0.6 is 0 Å². The standard InChI is InChI=1S/C15H25N2O/c1-13(2)15(3,12-18)17-16-11-7-10-14-8-5-4-6-9-14/h4-6,8-9,13,17-18H,7,10-12H2,1-3H3. The molecule has 0 saturated carbocycles. The second-order valence-electron chi connectivity index (χ2n) is 5.31. The predicted molar refractivity (Wildman–Crippen MR) is 75.2 cm³/mol. The van der Waals surface area contributed by atoms with E-state index in [1.807, 2.05) is 13.0 Å². The Kier molecular flexibility index (Phi) is 6.33. The minimum atomic E-state index is -0.313. The summed E-state index contributed by atoms with van der Waals surface area (Å²) in [4.78, 5) is 0. The quantitative estimate of drug-likeness (QED) is 0.548. The number of hydrogen-bond acceptors (Lipinski definition) is 2. The molecule has 0 saturated heterocycles. The minimum Gasteiger partial charge on any atom is -0.394 e. The lowest BCUT2D eigenvalue weighted by Gasteiger charge is -2.32.